The molecule has 0 radical (unpaired) electrons. The molecule has 0 saturated heterocycles. The first-order chi connectivity index (χ1) is 8.58. The van der Waals surface area contributed by atoms with Crippen LogP contribution in [0.1, 0.15) is 21.5 Å². The highest BCUT2D eigenvalue weighted by atomic mass is 79.9. The summed E-state index contributed by atoms with van der Waals surface area (Å²) in [6, 6.07) is 13.4. The van der Waals surface area contributed by atoms with Gasteiger partial charge in [-0.2, -0.15) is 0 Å². The molecule has 92 valence electrons. The van der Waals surface area contributed by atoms with Crippen molar-refractivity contribution in [1.29, 1.82) is 0 Å². The van der Waals surface area contributed by atoms with Crippen molar-refractivity contribution in [2.75, 3.05) is 5.32 Å². The largest absolute Gasteiger partial charge is 0.322 e. The molecule has 0 aliphatic rings. The van der Waals surface area contributed by atoms with Crippen molar-refractivity contribution in [3.8, 4) is 0 Å². The summed E-state index contributed by atoms with van der Waals surface area (Å²) in [6.45, 7) is 3.91. The van der Waals surface area contributed by atoms with E-state index < -0.39 is 0 Å². The highest BCUT2D eigenvalue weighted by molar-refractivity contribution is 9.10. The Balaban J connectivity index is 2.27. The number of aryl methyl sites for hydroxylation is 2. The van der Waals surface area contributed by atoms with Crippen molar-refractivity contribution in [2.45, 2.75) is 13.8 Å². The van der Waals surface area contributed by atoms with Crippen molar-refractivity contribution >= 4 is 27.5 Å². The predicted octanol–water partition coefficient (Wildman–Crippen LogP) is 4.32. The summed E-state index contributed by atoms with van der Waals surface area (Å²) in [7, 11) is 0. The third kappa shape index (κ3) is 2.79. The van der Waals surface area contributed by atoms with Crippen LogP contribution in [-0.4, -0.2) is 5.91 Å². The van der Waals surface area contributed by atoms with Crippen LogP contribution in [0.2, 0.25) is 0 Å². The van der Waals surface area contributed by atoms with Crippen LogP contribution in [0.25, 0.3) is 0 Å². The van der Waals surface area contributed by atoms with E-state index in [4.69, 9.17) is 0 Å². The molecule has 0 atom stereocenters. The number of nitrogens with one attached hydrogen (secondary N) is 1. The van der Waals surface area contributed by atoms with Crippen molar-refractivity contribution in [3.05, 3.63) is 63.6 Å². The maximum Gasteiger partial charge on any atom is 0.255 e. The van der Waals surface area contributed by atoms with Crippen molar-refractivity contribution < 1.29 is 4.79 Å². The van der Waals surface area contributed by atoms with Crippen LogP contribution in [0.5, 0.6) is 0 Å². The first-order valence-corrected chi connectivity index (χ1v) is 6.50. The zero-order valence-corrected chi connectivity index (χ0v) is 11.9. The average molecular weight is 304 g/mol. The van der Waals surface area contributed by atoms with E-state index in [-0.39, 0.29) is 5.91 Å². The van der Waals surface area contributed by atoms with E-state index in [1.54, 1.807) is 0 Å². The van der Waals surface area contributed by atoms with E-state index in [0.29, 0.717) is 5.56 Å². The van der Waals surface area contributed by atoms with Crippen LogP contribution in [-0.2, 0) is 0 Å². The van der Waals surface area contributed by atoms with Crippen LogP contribution in [0.15, 0.2) is 46.9 Å². The number of benzene rings is 2. The summed E-state index contributed by atoms with van der Waals surface area (Å²) in [5, 5.41) is 2.94. The molecule has 0 heterocycles. The quantitative estimate of drug-likeness (QED) is 0.879. The number of halogens is 1. The Hall–Kier alpha value is -1.61. The van der Waals surface area contributed by atoms with Gasteiger partial charge in [-0.1, -0.05) is 40.2 Å². The predicted molar refractivity (Wildman–Crippen MR) is 78.0 cm³/mol. The number of hydrogen-bond acceptors (Lipinski definition) is 1. The highest BCUT2D eigenvalue weighted by Crippen LogP contribution is 2.21. The first kappa shape index (κ1) is 12.8. The van der Waals surface area contributed by atoms with Crippen LogP contribution in [0.4, 0.5) is 5.69 Å². The SMILES string of the molecule is Cc1ccc(Br)cc1NC(=O)c1ccccc1C. The summed E-state index contributed by atoms with van der Waals surface area (Å²) >= 11 is 3.41. The molecule has 0 unspecified atom stereocenters. The normalized spacial score (nSPS) is 10.2. The van der Waals surface area contributed by atoms with E-state index in [2.05, 4.69) is 21.2 Å². The third-order valence-electron chi connectivity index (χ3n) is 2.84. The Morgan fingerprint density at radius 2 is 1.78 bits per heavy atom. The fraction of sp³-hybridized carbons (Fsp3) is 0.133. The van der Waals surface area contributed by atoms with Crippen molar-refractivity contribution in [2.24, 2.45) is 0 Å². The number of anilines is 1. The number of hydrogen-bond donors (Lipinski definition) is 1. The summed E-state index contributed by atoms with van der Waals surface area (Å²) in [5.74, 6) is -0.0747. The monoisotopic (exact) mass is 303 g/mol. The van der Waals surface area contributed by atoms with Gasteiger partial charge >= 0.3 is 0 Å². The fourth-order valence-electron chi connectivity index (χ4n) is 1.75. The maximum absolute atomic E-state index is 12.2. The molecule has 2 aromatic rings. The molecule has 0 saturated carbocycles. The summed E-state index contributed by atoms with van der Waals surface area (Å²) in [4.78, 5) is 12.2. The molecule has 2 aromatic carbocycles. The van der Waals surface area contributed by atoms with E-state index >= 15 is 0 Å². The molecule has 0 fully saturated rings. The molecule has 1 N–H and O–H groups in total. The number of rotatable bonds is 2. The molecular formula is C15H14BrNO. The van der Waals surface area contributed by atoms with Gasteiger partial charge in [0.25, 0.3) is 5.91 Å². The van der Waals surface area contributed by atoms with Crippen LogP contribution >= 0.6 is 15.9 Å². The Morgan fingerprint density at radius 3 is 2.50 bits per heavy atom. The molecule has 0 aliphatic carbocycles. The van der Waals surface area contributed by atoms with E-state index in [9.17, 15) is 4.79 Å². The van der Waals surface area contributed by atoms with Crippen molar-refractivity contribution in [1.82, 2.24) is 0 Å². The lowest BCUT2D eigenvalue weighted by Crippen LogP contribution is -2.14. The zero-order valence-electron chi connectivity index (χ0n) is 10.3. The fourth-order valence-corrected chi connectivity index (χ4v) is 2.11. The standard InChI is InChI=1S/C15H14BrNO/c1-10-5-3-4-6-13(10)15(18)17-14-9-12(16)8-7-11(14)2/h3-9H,1-2H3,(H,17,18). The molecule has 0 bridgehead atoms. The second-order valence-electron chi connectivity index (χ2n) is 4.23. The van der Waals surface area contributed by atoms with Gasteiger partial charge in [0.15, 0.2) is 0 Å². The summed E-state index contributed by atoms with van der Waals surface area (Å²) in [6.07, 6.45) is 0. The Labute approximate surface area is 115 Å². The van der Waals surface area contributed by atoms with E-state index in [0.717, 1.165) is 21.3 Å². The molecule has 0 aromatic heterocycles. The number of carbonyl (C=O) groups excluding carboxylic acids is 1. The van der Waals surface area contributed by atoms with Gasteiger partial charge in [-0.15, -0.1) is 0 Å². The van der Waals surface area contributed by atoms with Gasteiger partial charge in [-0.3, -0.25) is 4.79 Å². The minimum atomic E-state index is -0.0747. The minimum absolute atomic E-state index is 0.0747. The lowest BCUT2D eigenvalue weighted by Gasteiger charge is -2.10. The van der Waals surface area contributed by atoms with Crippen LogP contribution in [0, 0.1) is 13.8 Å². The topological polar surface area (TPSA) is 29.1 Å². The highest BCUT2D eigenvalue weighted by Gasteiger charge is 2.09. The summed E-state index contributed by atoms with van der Waals surface area (Å²) in [5.41, 5.74) is 3.55. The molecule has 18 heavy (non-hydrogen) atoms. The molecule has 0 spiro atoms. The molecule has 2 rings (SSSR count). The van der Waals surface area contributed by atoms with Gasteiger partial charge in [0.05, 0.1) is 0 Å². The smallest absolute Gasteiger partial charge is 0.255 e. The van der Waals surface area contributed by atoms with Crippen molar-refractivity contribution in [3.63, 3.8) is 0 Å². The Kier molecular flexibility index (Phi) is 3.82. The molecule has 1 amide bonds. The van der Waals surface area contributed by atoms with Gasteiger partial charge in [-0.05, 0) is 43.2 Å². The number of carbonyl (C=O) groups is 1. The van der Waals surface area contributed by atoms with Gasteiger partial charge in [0.1, 0.15) is 0 Å². The van der Waals surface area contributed by atoms with E-state index in [1.165, 1.54) is 0 Å². The first-order valence-electron chi connectivity index (χ1n) is 5.71. The Bertz CT molecular complexity index is 593. The lowest BCUT2D eigenvalue weighted by molar-refractivity contribution is 0.102. The molecule has 3 heteroatoms. The minimum Gasteiger partial charge on any atom is -0.322 e. The maximum atomic E-state index is 12.2. The lowest BCUT2D eigenvalue weighted by atomic mass is 10.1. The third-order valence-corrected chi connectivity index (χ3v) is 3.33. The average Bonchev–Trinajstić information content (AvgIpc) is 2.34. The van der Waals surface area contributed by atoms with Crippen LogP contribution < -0.4 is 5.32 Å². The van der Waals surface area contributed by atoms with Gasteiger partial charge in [-0.25, -0.2) is 0 Å². The second-order valence-corrected chi connectivity index (χ2v) is 5.14. The van der Waals surface area contributed by atoms with E-state index in [1.807, 2.05) is 56.3 Å². The van der Waals surface area contributed by atoms with Gasteiger partial charge < -0.3 is 5.32 Å². The second kappa shape index (κ2) is 5.36. The zero-order chi connectivity index (χ0) is 13.1. The van der Waals surface area contributed by atoms with Crippen LogP contribution in [0.3, 0.4) is 0 Å². The van der Waals surface area contributed by atoms with Gasteiger partial charge in [0, 0.05) is 15.7 Å². The molecule has 2 nitrogen and oxygen atoms in total. The molecule has 0 aliphatic heterocycles. The molecular weight excluding hydrogens is 290 g/mol. The Morgan fingerprint density at radius 1 is 1.06 bits per heavy atom. The summed E-state index contributed by atoms with van der Waals surface area (Å²) < 4.78 is 0.952. The van der Waals surface area contributed by atoms with Gasteiger partial charge in [0.2, 0.25) is 0 Å². The number of amides is 1.